The summed E-state index contributed by atoms with van der Waals surface area (Å²) < 4.78 is 12.0. The Kier molecular flexibility index (Phi) is 6.18. The summed E-state index contributed by atoms with van der Waals surface area (Å²) in [5.41, 5.74) is 1.67. The number of ether oxygens (including phenoxy) is 1. The number of carbonyl (C=O) groups is 2. The van der Waals surface area contributed by atoms with Gasteiger partial charge in [-0.3, -0.25) is 14.0 Å². The molecule has 0 saturated carbocycles. The number of benzene rings is 1. The molecule has 0 bridgehead atoms. The molecule has 4 rings (SSSR count). The Morgan fingerprint density at radius 2 is 1.97 bits per heavy atom. The molecule has 0 unspecified atom stereocenters. The lowest BCUT2D eigenvalue weighted by atomic mass is 10.2. The van der Waals surface area contributed by atoms with Gasteiger partial charge in [-0.15, -0.1) is 10.2 Å². The highest BCUT2D eigenvalue weighted by Crippen LogP contribution is 2.19. The van der Waals surface area contributed by atoms with Gasteiger partial charge in [-0.25, -0.2) is 0 Å². The summed E-state index contributed by atoms with van der Waals surface area (Å²) in [6, 6.07) is 14.0. The van der Waals surface area contributed by atoms with Gasteiger partial charge in [0.1, 0.15) is 11.5 Å². The standard InChI is InChI=1S/C21H19N5O4S/c1-29-16-7-5-15(6-8-16)23-20(28)14-4-9-18-24-25-21(26(18)12-14)31-13-19(27)22-11-17-3-2-10-30-17/h2-10,12H,11,13H2,1H3,(H,22,27)(H,23,28). The number of nitrogens with one attached hydrogen (secondary N) is 2. The van der Waals surface area contributed by atoms with E-state index in [0.717, 1.165) is 0 Å². The molecule has 0 atom stereocenters. The molecule has 0 saturated heterocycles. The molecule has 2 amide bonds. The summed E-state index contributed by atoms with van der Waals surface area (Å²) in [6.07, 6.45) is 3.21. The molecule has 158 valence electrons. The Hall–Kier alpha value is -3.79. The molecule has 3 heterocycles. The van der Waals surface area contributed by atoms with E-state index in [0.29, 0.717) is 40.1 Å². The van der Waals surface area contributed by atoms with Crippen LogP contribution in [-0.4, -0.2) is 39.3 Å². The van der Waals surface area contributed by atoms with Crippen LogP contribution in [0.4, 0.5) is 5.69 Å². The predicted octanol–water partition coefficient (Wildman–Crippen LogP) is 2.99. The third-order valence-electron chi connectivity index (χ3n) is 4.35. The highest BCUT2D eigenvalue weighted by atomic mass is 32.2. The lowest BCUT2D eigenvalue weighted by Crippen LogP contribution is -2.24. The molecule has 1 aromatic carbocycles. The molecule has 0 fully saturated rings. The first-order valence-electron chi connectivity index (χ1n) is 9.34. The zero-order chi connectivity index (χ0) is 21.6. The molecule has 2 N–H and O–H groups in total. The summed E-state index contributed by atoms with van der Waals surface area (Å²) in [7, 11) is 1.58. The van der Waals surface area contributed by atoms with Crippen LogP contribution in [0.5, 0.6) is 5.75 Å². The molecule has 0 aliphatic carbocycles. The fourth-order valence-corrected chi connectivity index (χ4v) is 3.51. The molecule has 0 aliphatic rings. The minimum Gasteiger partial charge on any atom is -0.497 e. The summed E-state index contributed by atoms with van der Waals surface area (Å²) in [5.74, 6) is 1.11. The van der Waals surface area contributed by atoms with Gasteiger partial charge < -0.3 is 19.8 Å². The van der Waals surface area contributed by atoms with E-state index in [-0.39, 0.29) is 17.6 Å². The Morgan fingerprint density at radius 3 is 2.71 bits per heavy atom. The second kappa shape index (κ2) is 9.35. The van der Waals surface area contributed by atoms with E-state index in [1.165, 1.54) is 11.8 Å². The van der Waals surface area contributed by atoms with E-state index in [1.54, 1.807) is 72.5 Å². The quantitative estimate of drug-likeness (QED) is 0.408. The number of rotatable bonds is 8. The molecule has 10 heteroatoms. The van der Waals surface area contributed by atoms with Gasteiger partial charge in [0.25, 0.3) is 5.91 Å². The maximum atomic E-state index is 12.6. The van der Waals surface area contributed by atoms with Gasteiger partial charge in [-0.05, 0) is 48.5 Å². The number of pyridine rings is 1. The highest BCUT2D eigenvalue weighted by Gasteiger charge is 2.13. The van der Waals surface area contributed by atoms with Gasteiger partial charge in [-0.1, -0.05) is 11.8 Å². The van der Waals surface area contributed by atoms with Gasteiger partial charge >= 0.3 is 0 Å². The normalized spacial score (nSPS) is 10.7. The number of nitrogens with zero attached hydrogens (tertiary/aromatic N) is 3. The number of hydrogen-bond acceptors (Lipinski definition) is 7. The van der Waals surface area contributed by atoms with Gasteiger partial charge in [0.15, 0.2) is 10.8 Å². The first-order valence-corrected chi connectivity index (χ1v) is 10.3. The van der Waals surface area contributed by atoms with Crippen LogP contribution >= 0.6 is 11.8 Å². The van der Waals surface area contributed by atoms with E-state index in [9.17, 15) is 9.59 Å². The number of anilines is 1. The lowest BCUT2D eigenvalue weighted by molar-refractivity contribution is -0.118. The number of thioether (sulfide) groups is 1. The van der Waals surface area contributed by atoms with E-state index in [4.69, 9.17) is 9.15 Å². The van der Waals surface area contributed by atoms with Crippen molar-refractivity contribution in [2.75, 3.05) is 18.2 Å². The molecule has 31 heavy (non-hydrogen) atoms. The van der Waals surface area contributed by atoms with Crippen LogP contribution in [0, 0.1) is 0 Å². The highest BCUT2D eigenvalue weighted by molar-refractivity contribution is 7.99. The number of fused-ring (bicyclic) bond motifs is 1. The predicted molar refractivity (Wildman–Crippen MR) is 115 cm³/mol. The first-order chi connectivity index (χ1) is 15.1. The molecular weight excluding hydrogens is 418 g/mol. The zero-order valence-electron chi connectivity index (χ0n) is 16.6. The third kappa shape index (κ3) is 5.04. The molecular formula is C21H19N5O4S. The Morgan fingerprint density at radius 1 is 1.13 bits per heavy atom. The van der Waals surface area contributed by atoms with Crippen LogP contribution in [0.3, 0.4) is 0 Å². The van der Waals surface area contributed by atoms with Crippen molar-refractivity contribution in [3.8, 4) is 5.75 Å². The van der Waals surface area contributed by atoms with Crippen LogP contribution in [-0.2, 0) is 11.3 Å². The number of hydrogen-bond donors (Lipinski definition) is 2. The van der Waals surface area contributed by atoms with Crippen molar-refractivity contribution >= 4 is 34.9 Å². The summed E-state index contributed by atoms with van der Waals surface area (Å²) >= 11 is 1.23. The van der Waals surface area contributed by atoms with Crippen molar-refractivity contribution in [2.24, 2.45) is 0 Å². The van der Waals surface area contributed by atoms with Crippen molar-refractivity contribution in [3.05, 3.63) is 72.3 Å². The van der Waals surface area contributed by atoms with Gasteiger partial charge in [-0.2, -0.15) is 0 Å². The SMILES string of the molecule is COc1ccc(NC(=O)c2ccc3nnc(SCC(=O)NCc4ccco4)n3c2)cc1. The van der Waals surface area contributed by atoms with Crippen molar-refractivity contribution in [1.82, 2.24) is 19.9 Å². The van der Waals surface area contributed by atoms with E-state index in [2.05, 4.69) is 20.8 Å². The summed E-state index contributed by atoms with van der Waals surface area (Å²) in [5, 5.41) is 14.3. The van der Waals surface area contributed by atoms with Crippen molar-refractivity contribution in [2.45, 2.75) is 11.7 Å². The fraction of sp³-hybridized carbons (Fsp3) is 0.143. The molecule has 0 spiro atoms. The fourth-order valence-electron chi connectivity index (χ4n) is 2.76. The number of aromatic nitrogens is 3. The topological polar surface area (TPSA) is 111 Å². The van der Waals surface area contributed by atoms with Crippen molar-refractivity contribution in [3.63, 3.8) is 0 Å². The van der Waals surface area contributed by atoms with E-state index < -0.39 is 0 Å². The number of carbonyl (C=O) groups excluding carboxylic acids is 2. The van der Waals surface area contributed by atoms with E-state index >= 15 is 0 Å². The molecule has 0 aliphatic heterocycles. The Balaban J connectivity index is 1.40. The van der Waals surface area contributed by atoms with Gasteiger partial charge in [0.2, 0.25) is 5.91 Å². The second-order valence-electron chi connectivity index (χ2n) is 6.46. The lowest BCUT2D eigenvalue weighted by Gasteiger charge is -2.07. The van der Waals surface area contributed by atoms with Crippen molar-refractivity contribution < 1.29 is 18.7 Å². The molecule has 4 aromatic rings. The van der Waals surface area contributed by atoms with Gasteiger partial charge in [0, 0.05) is 11.9 Å². The van der Waals surface area contributed by atoms with E-state index in [1.807, 2.05) is 0 Å². The van der Waals surface area contributed by atoms with Crippen LogP contribution in [0.15, 0.2) is 70.6 Å². The number of amides is 2. The summed E-state index contributed by atoms with van der Waals surface area (Å²) in [4.78, 5) is 24.7. The zero-order valence-corrected chi connectivity index (χ0v) is 17.4. The smallest absolute Gasteiger partial charge is 0.257 e. The first kappa shape index (κ1) is 20.5. The molecule has 9 nitrogen and oxygen atoms in total. The maximum Gasteiger partial charge on any atom is 0.257 e. The van der Waals surface area contributed by atoms with Crippen LogP contribution in [0.25, 0.3) is 5.65 Å². The maximum absolute atomic E-state index is 12.6. The Labute approximate surface area is 181 Å². The second-order valence-corrected chi connectivity index (χ2v) is 7.40. The van der Waals surface area contributed by atoms with Gasteiger partial charge in [0.05, 0.1) is 31.2 Å². The summed E-state index contributed by atoms with van der Waals surface area (Å²) in [6.45, 7) is 0.322. The van der Waals surface area contributed by atoms with Crippen LogP contribution < -0.4 is 15.4 Å². The minimum absolute atomic E-state index is 0.157. The molecule has 0 radical (unpaired) electrons. The van der Waals surface area contributed by atoms with Crippen LogP contribution in [0.1, 0.15) is 16.1 Å². The number of methoxy groups -OCH3 is 1. The average molecular weight is 437 g/mol. The molecule has 3 aromatic heterocycles. The Bertz CT molecular complexity index is 1190. The third-order valence-corrected chi connectivity index (χ3v) is 5.30. The number of furan rings is 1. The monoisotopic (exact) mass is 437 g/mol. The largest absolute Gasteiger partial charge is 0.497 e. The van der Waals surface area contributed by atoms with Crippen molar-refractivity contribution in [1.29, 1.82) is 0 Å². The minimum atomic E-state index is -0.270. The average Bonchev–Trinajstić information content (AvgIpc) is 3.46. The van der Waals surface area contributed by atoms with Crippen LogP contribution in [0.2, 0.25) is 0 Å².